The Hall–Kier alpha value is -2.48. The van der Waals surface area contributed by atoms with Crippen LogP contribution in [0.3, 0.4) is 0 Å². The van der Waals surface area contributed by atoms with E-state index in [1.165, 1.54) is 0 Å². The minimum atomic E-state index is -0.597. The molecule has 9 heteroatoms. The zero-order valence-corrected chi connectivity index (χ0v) is 17.2. The molecule has 0 bridgehead atoms. The van der Waals surface area contributed by atoms with Gasteiger partial charge in [0.2, 0.25) is 11.9 Å². The lowest BCUT2D eigenvalue weighted by Gasteiger charge is -2.45. The van der Waals surface area contributed by atoms with Gasteiger partial charge < -0.3 is 16.2 Å². The van der Waals surface area contributed by atoms with Crippen molar-refractivity contribution in [2.24, 2.45) is 21.5 Å². The summed E-state index contributed by atoms with van der Waals surface area (Å²) in [6, 6.07) is 5.28. The summed E-state index contributed by atoms with van der Waals surface area (Å²) in [7, 11) is 0. The molecular formula is C19H27ClN6O2. The molecule has 1 amide bonds. The molecule has 0 aromatic heterocycles. The van der Waals surface area contributed by atoms with Gasteiger partial charge in [0, 0.05) is 5.69 Å². The summed E-state index contributed by atoms with van der Waals surface area (Å²) < 4.78 is 5.27. The number of nitrogens with one attached hydrogen (secondary N) is 1. The first-order chi connectivity index (χ1) is 13.1. The number of rotatable bonds is 2. The molecular weight excluding hydrogens is 380 g/mol. The van der Waals surface area contributed by atoms with Crippen molar-refractivity contribution in [1.29, 1.82) is 0 Å². The van der Waals surface area contributed by atoms with Gasteiger partial charge in [-0.05, 0) is 64.7 Å². The second-order valence-electron chi connectivity index (χ2n) is 8.11. The third kappa shape index (κ3) is 4.32. The van der Waals surface area contributed by atoms with Crippen LogP contribution >= 0.6 is 11.6 Å². The van der Waals surface area contributed by atoms with Gasteiger partial charge in [-0.25, -0.2) is 9.79 Å². The van der Waals surface area contributed by atoms with Gasteiger partial charge in [-0.15, -0.1) is 0 Å². The van der Waals surface area contributed by atoms with Gasteiger partial charge in [-0.1, -0.05) is 18.0 Å². The molecule has 0 radical (unpaired) electrons. The van der Waals surface area contributed by atoms with E-state index in [9.17, 15) is 4.79 Å². The number of hydrogen-bond donors (Lipinski definition) is 3. The number of nitrogens with zero attached hydrogens (tertiary/aromatic N) is 3. The highest BCUT2D eigenvalue weighted by atomic mass is 35.5. The van der Waals surface area contributed by atoms with E-state index in [2.05, 4.69) is 15.3 Å². The predicted octanol–water partition coefficient (Wildman–Crippen LogP) is 3.80. The Balaban J connectivity index is 1.88. The van der Waals surface area contributed by atoms with Crippen LogP contribution in [0.5, 0.6) is 0 Å². The molecule has 1 spiro atoms. The molecule has 0 unspecified atom stereocenters. The van der Waals surface area contributed by atoms with E-state index in [1.54, 1.807) is 32.9 Å². The molecule has 1 aromatic carbocycles. The highest BCUT2D eigenvalue weighted by Crippen LogP contribution is 2.40. The number of hydrogen-bond acceptors (Lipinski definition) is 7. The van der Waals surface area contributed by atoms with Crippen molar-refractivity contribution in [3.63, 3.8) is 0 Å². The van der Waals surface area contributed by atoms with Crippen LogP contribution in [0, 0.1) is 0 Å². The lowest BCUT2D eigenvalue weighted by Crippen LogP contribution is -2.58. The van der Waals surface area contributed by atoms with Gasteiger partial charge in [-0.2, -0.15) is 4.99 Å². The first-order valence-corrected chi connectivity index (χ1v) is 9.77. The summed E-state index contributed by atoms with van der Waals surface area (Å²) >= 11 is 6.43. The Morgan fingerprint density at radius 2 is 1.93 bits per heavy atom. The Bertz CT molecular complexity index is 824. The summed E-state index contributed by atoms with van der Waals surface area (Å²) in [6.07, 6.45) is 4.32. The van der Waals surface area contributed by atoms with Crippen molar-refractivity contribution >= 4 is 41.0 Å². The normalized spacial score (nSPS) is 19.1. The van der Waals surface area contributed by atoms with Gasteiger partial charge >= 0.3 is 6.09 Å². The van der Waals surface area contributed by atoms with Crippen molar-refractivity contribution < 1.29 is 9.53 Å². The average Bonchev–Trinajstić information content (AvgIpc) is 2.55. The summed E-state index contributed by atoms with van der Waals surface area (Å²) in [6.45, 7) is 5.39. The van der Waals surface area contributed by atoms with Gasteiger partial charge in [0.25, 0.3) is 0 Å². The molecule has 1 aliphatic carbocycles. The second-order valence-corrected chi connectivity index (χ2v) is 8.52. The minimum absolute atomic E-state index is 0.199. The molecule has 1 heterocycles. The number of carbonyl (C=O) groups excluding carboxylic acids is 1. The third-order valence-electron chi connectivity index (χ3n) is 4.70. The number of halogens is 1. The lowest BCUT2D eigenvalue weighted by atomic mass is 9.87. The molecule has 152 valence electrons. The first-order valence-electron chi connectivity index (χ1n) is 9.39. The van der Waals surface area contributed by atoms with Crippen molar-refractivity contribution in [2.75, 3.05) is 10.2 Å². The topological polar surface area (TPSA) is 118 Å². The molecule has 1 fully saturated rings. The number of guanidine groups is 2. The number of anilines is 2. The molecule has 3 rings (SSSR count). The fourth-order valence-electron chi connectivity index (χ4n) is 3.65. The van der Waals surface area contributed by atoms with Gasteiger partial charge in [0.1, 0.15) is 11.3 Å². The average molecular weight is 407 g/mol. The number of carbonyl (C=O) groups is 1. The van der Waals surface area contributed by atoms with Crippen LogP contribution in [0.2, 0.25) is 5.02 Å². The molecule has 1 aliphatic heterocycles. The molecule has 28 heavy (non-hydrogen) atoms. The molecule has 0 saturated heterocycles. The van der Waals surface area contributed by atoms with E-state index in [1.807, 2.05) is 11.0 Å². The van der Waals surface area contributed by atoms with E-state index in [0.717, 1.165) is 37.8 Å². The maximum Gasteiger partial charge on any atom is 0.412 e. The summed E-state index contributed by atoms with van der Waals surface area (Å²) in [5.74, 6) is 0.489. The molecule has 8 nitrogen and oxygen atoms in total. The van der Waals surface area contributed by atoms with Crippen LogP contribution in [0.4, 0.5) is 16.2 Å². The predicted molar refractivity (Wildman–Crippen MR) is 113 cm³/mol. The van der Waals surface area contributed by atoms with Crippen LogP contribution in [0.1, 0.15) is 52.9 Å². The fraction of sp³-hybridized carbons (Fsp3) is 0.526. The SMILES string of the molecule is CC(C)(C)OC(=O)Nc1ccc(N2C(N)=NC(N)=NC23CCCCC3)cc1Cl. The molecule has 0 atom stereocenters. The molecule has 1 saturated carbocycles. The molecule has 2 aliphatic rings. The van der Waals surface area contributed by atoms with Gasteiger partial charge in [0.05, 0.1) is 10.7 Å². The van der Waals surface area contributed by atoms with E-state index < -0.39 is 17.4 Å². The van der Waals surface area contributed by atoms with Crippen LogP contribution in [-0.2, 0) is 4.74 Å². The number of nitrogens with two attached hydrogens (primary N) is 2. The summed E-state index contributed by atoms with van der Waals surface area (Å²) in [5, 5.41) is 3.03. The maximum atomic E-state index is 12.0. The Morgan fingerprint density at radius 3 is 2.54 bits per heavy atom. The van der Waals surface area contributed by atoms with Crippen LogP contribution in [0.25, 0.3) is 0 Å². The lowest BCUT2D eigenvalue weighted by molar-refractivity contribution is 0.0636. The molecule has 5 N–H and O–H groups in total. The minimum Gasteiger partial charge on any atom is -0.444 e. The van der Waals surface area contributed by atoms with Crippen molar-refractivity contribution in [3.05, 3.63) is 23.2 Å². The van der Waals surface area contributed by atoms with Crippen molar-refractivity contribution in [2.45, 2.75) is 64.1 Å². The zero-order valence-electron chi connectivity index (χ0n) is 16.5. The van der Waals surface area contributed by atoms with Gasteiger partial charge in [0.15, 0.2) is 0 Å². The Kier molecular flexibility index (Phi) is 5.43. The smallest absolute Gasteiger partial charge is 0.412 e. The Labute approximate surface area is 170 Å². The highest BCUT2D eigenvalue weighted by Gasteiger charge is 2.42. The number of amides is 1. The van der Waals surface area contributed by atoms with Crippen molar-refractivity contribution in [1.82, 2.24) is 0 Å². The van der Waals surface area contributed by atoms with Crippen molar-refractivity contribution in [3.8, 4) is 0 Å². The molecule has 1 aromatic rings. The number of aliphatic imine (C=N–C) groups is 2. The second kappa shape index (κ2) is 7.50. The number of benzene rings is 1. The highest BCUT2D eigenvalue weighted by molar-refractivity contribution is 6.34. The quantitative estimate of drug-likeness (QED) is 0.690. The summed E-state index contributed by atoms with van der Waals surface area (Å²) in [4.78, 5) is 22.7. The van der Waals surface area contributed by atoms with E-state index >= 15 is 0 Å². The third-order valence-corrected chi connectivity index (χ3v) is 5.01. The standard InChI is InChI=1S/C19H27ClN6O2/c1-18(2,3)28-17(27)23-14-8-7-12(11-13(14)20)26-16(22)24-15(21)25-19(26)9-5-4-6-10-19/h7-8,11H,4-6,9-10H2,1-3H3,(H,23,27)(H4,21,22,24,25). The maximum absolute atomic E-state index is 12.0. The first kappa shape index (κ1) is 20.3. The van der Waals surface area contributed by atoms with Crippen LogP contribution in [0.15, 0.2) is 28.2 Å². The van der Waals surface area contributed by atoms with Gasteiger partial charge in [-0.3, -0.25) is 10.2 Å². The van der Waals surface area contributed by atoms with E-state index in [0.29, 0.717) is 16.7 Å². The van der Waals surface area contributed by atoms with Crippen LogP contribution in [-0.4, -0.2) is 29.3 Å². The largest absolute Gasteiger partial charge is 0.444 e. The van der Waals surface area contributed by atoms with E-state index in [4.69, 9.17) is 27.8 Å². The monoisotopic (exact) mass is 406 g/mol. The number of ether oxygens (including phenoxy) is 1. The zero-order chi connectivity index (χ0) is 20.5. The summed E-state index contributed by atoms with van der Waals surface area (Å²) in [5.41, 5.74) is 12.2. The van der Waals surface area contributed by atoms with Crippen LogP contribution < -0.4 is 21.7 Å². The van der Waals surface area contributed by atoms with E-state index in [-0.39, 0.29) is 5.96 Å². The Morgan fingerprint density at radius 1 is 1.25 bits per heavy atom. The fourth-order valence-corrected chi connectivity index (χ4v) is 3.87.